The van der Waals surface area contributed by atoms with Crippen LogP contribution >= 0.6 is 7.92 Å². The van der Waals surface area contributed by atoms with Crippen LogP contribution in [0, 0.1) is 0 Å². The van der Waals surface area contributed by atoms with Crippen LogP contribution in [0.3, 0.4) is 0 Å². The van der Waals surface area contributed by atoms with Gasteiger partial charge in [-0.2, -0.15) is 0 Å². The van der Waals surface area contributed by atoms with Crippen molar-refractivity contribution >= 4 is 30.2 Å². The summed E-state index contributed by atoms with van der Waals surface area (Å²) in [6.45, 7) is 0.629. The Balaban J connectivity index is 1.87. The molecule has 0 fully saturated rings. The molecule has 4 rings (SSSR count). The fraction of sp³-hybridized carbons (Fsp3) is 0.0952. The highest BCUT2D eigenvalue weighted by Crippen LogP contribution is 2.36. The van der Waals surface area contributed by atoms with Gasteiger partial charge in [0.05, 0.1) is 0 Å². The molecule has 2 nitrogen and oxygen atoms in total. The van der Waals surface area contributed by atoms with Crippen molar-refractivity contribution in [2.75, 3.05) is 6.61 Å². The molecule has 3 aromatic rings. The van der Waals surface area contributed by atoms with Crippen molar-refractivity contribution in [3.63, 3.8) is 0 Å². The Morgan fingerprint density at radius 2 is 1.33 bits per heavy atom. The van der Waals surface area contributed by atoms with E-state index in [1.165, 1.54) is 21.5 Å². The van der Waals surface area contributed by atoms with E-state index in [9.17, 15) is 0 Å². The quantitative estimate of drug-likeness (QED) is 0.670. The summed E-state index contributed by atoms with van der Waals surface area (Å²) in [6.07, 6.45) is 1.58. The van der Waals surface area contributed by atoms with Crippen molar-refractivity contribution in [1.29, 1.82) is 0 Å². The van der Waals surface area contributed by atoms with E-state index in [1.807, 2.05) is 0 Å². The van der Waals surface area contributed by atoms with Gasteiger partial charge in [-0.25, -0.2) is 4.99 Å². The van der Waals surface area contributed by atoms with Crippen LogP contribution in [-0.4, -0.2) is 13.0 Å². The summed E-state index contributed by atoms with van der Waals surface area (Å²) in [5, 5.41) is 4.07. The molecule has 0 aliphatic carbocycles. The molecule has 0 N–H and O–H groups in total. The number of hydrogen-bond donors (Lipinski definition) is 0. The lowest BCUT2D eigenvalue weighted by Gasteiger charge is -2.23. The Labute approximate surface area is 143 Å². The monoisotopic (exact) mass is 331 g/mol. The maximum Gasteiger partial charge on any atom is 0.170 e. The number of ether oxygens (including phenoxy) is 1. The molecule has 0 bridgehead atoms. The van der Waals surface area contributed by atoms with Crippen molar-refractivity contribution in [2.45, 2.75) is 6.04 Å². The minimum Gasteiger partial charge on any atom is -0.481 e. The van der Waals surface area contributed by atoms with Gasteiger partial charge in [0.1, 0.15) is 12.6 Å². The summed E-state index contributed by atoms with van der Waals surface area (Å²) in [6, 6.07) is 30.3. The first-order chi connectivity index (χ1) is 11.9. The van der Waals surface area contributed by atoms with Crippen LogP contribution in [0.4, 0.5) is 0 Å². The molecule has 0 unspecified atom stereocenters. The minimum atomic E-state index is -0.612. The second-order valence-electron chi connectivity index (χ2n) is 5.67. The molecule has 0 radical (unpaired) electrons. The Bertz CT molecular complexity index is 793. The van der Waals surface area contributed by atoms with Crippen molar-refractivity contribution in [3.05, 3.63) is 90.5 Å². The van der Waals surface area contributed by atoms with Crippen LogP contribution in [0.1, 0.15) is 11.6 Å². The number of nitrogens with zero attached hydrogens (tertiary/aromatic N) is 1. The molecule has 1 aliphatic heterocycles. The lowest BCUT2D eigenvalue weighted by molar-refractivity contribution is 0.331. The van der Waals surface area contributed by atoms with Gasteiger partial charge >= 0.3 is 0 Å². The van der Waals surface area contributed by atoms with E-state index >= 15 is 0 Å². The molecule has 118 valence electrons. The lowest BCUT2D eigenvalue weighted by atomic mass is 10.1. The first-order valence-electron chi connectivity index (χ1n) is 8.06. The average molecular weight is 331 g/mol. The molecule has 1 heterocycles. The van der Waals surface area contributed by atoms with Gasteiger partial charge in [-0.15, -0.1) is 0 Å². The molecule has 3 heteroatoms. The third-order valence-electron chi connectivity index (χ3n) is 4.13. The van der Waals surface area contributed by atoms with Gasteiger partial charge in [-0.1, -0.05) is 84.9 Å². The normalized spacial score (nSPS) is 16.3. The predicted molar refractivity (Wildman–Crippen MR) is 102 cm³/mol. The van der Waals surface area contributed by atoms with Crippen LogP contribution in [0.15, 0.2) is 89.9 Å². The van der Waals surface area contributed by atoms with E-state index in [2.05, 4.69) is 89.9 Å². The highest BCUT2D eigenvalue weighted by atomic mass is 31.1. The fourth-order valence-corrected chi connectivity index (χ4v) is 5.53. The van der Waals surface area contributed by atoms with Gasteiger partial charge in [0.15, 0.2) is 6.40 Å². The van der Waals surface area contributed by atoms with Crippen molar-refractivity contribution < 1.29 is 4.74 Å². The first-order valence-corrected chi connectivity index (χ1v) is 9.40. The summed E-state index contributed by atoms with van der Waals surface area (Å²) in [5.74, 6) is 0. The second kappa shape index (κ2) is 6.98. The smallest absolute Gasteiger partial charge is 0.170 e. The molecular formula is C21H18NOP. The summed E-state index contributed by atoms with van der Waals surface area (Å²) in [5.41, 5.74) is 1.27. The van der Waals surface area contributed by atoms with Crippen molar-refractivity contribution in [1.82, 2.24) is 0 Å². The zero-order chi connectivity index (χ0) is 16.2. The van der Waals surface area contributed by atoms with Crippen LogP contribution in [0.25, 0.3) is 0 Å². The van der Waals surface area contributed by atoms with E-state index in [4.69, 9.17) is 4.74 Å². The van der Waals surface area contributed by atoms with Crippen molar-refractivity contribution in [3.8, 4) is 0 Å². The predicted octanol–water partition coefficient (Wildman–Crippen LogP) is 3.54. The Hall–Kier alpha value is -2.44. The van der Waals surface area contributed by atoms with Crippen LogP contribution in [0.2, 0.25) is 0 Å². The third kappa shape index (κ3) is 2.98. The molecule has 3 aromatic carbocycles. The second-order valence-corrected chi connectivity index (χ2v) is 7.85. The van der Waals surface area contributed by atoms with Gasteiger partial charge in [-0.05, 0) is 29.4 Å². The molecule has 0 saturated heterocycles. The molecule has 24 heavy (non-hydrogen) atoms. The Kier molecular flexibility index (Phi) is 4.40. The number of rotatable bonds is 4. The summed E-state index contributed by atoms with van der Waals surface area (Å²) < 4.78 is 5.37. The van der Waals surface area contributed by atoms with Gasteiger partial charge in [0.25, 0.3) is 0 Å². The number of benzene rings is 3. The van der Waals surface area contributed by atoms with Gasteiger partial charge < -0.3 is 4.74 Å². The summed E-state index contributed by atoms with van der Waals surface area (Å²) >= 11 is 0. The van der Waals surface area contributed by atoms with Crippen LogP contribution < -0.4 is 15.9 Å². The minimum absolute atomic E-state index is 0.0959. The van der Waals surface area contributed by atoms with E-state index in [0.717, 1.165) is 0 Å². The fourth-order valence-electron chi connectivity index (χ4n) is 3.02. The van der Waals surface area contributed by atoms with Gasteiger partial charge in [0.2, 0.25) is 0 Å². The Morgan fingerprint density at radius 3 is 1.92 bits per heavy atom. The standard InChI is InChI=1S/C21H18NOP/c1-3-9-17(10-4-1)24(18-11-5-2-6-12-18)21-14-8-7-13-19(21)20-15-23-16-22-20/h1-14,16,20H,15H2/t20-/m0/s1. The van der Waals surface area contributed by atoms with E-state index < -0.39 is 7.92 Å². The summed E-state index contributed by atoms with van der Waals surface area (Å²) in [7, 11) is -0.612. The van der Waals surface area contributed by atoms with Crippen LogP contribution in [0.5, 0.6) is 0 Å². The van der Waals surface area contributed by atoms with E-state index in [1.54, 1.807) is 6.40 Å². The SMILES string of the molecule is C1=N[C@H](c2ccccc2P(c2ccccc2)c2ccccc2)CO1. The number of hydrogen-bond acceptors (Lipinski definition) is 2. The van der Waals surface area contributed by atoms with Crippen molar-refractivity contribution in [2.24, 2.45) is 4.99 Å². The maximum atomic E-state index is 5.37. The topological polar surface area (TPSA) is 21.6 Å². The average Bonchev–Trinajstić information content (AvgIpc) is 3.19. The zero-order valence-corrected chi connectivity index (χ0v) is 14.1. The molecule has 0 aromatic heterocycles. The van der Waals surface area contributed by atoms with E-state index in [0.29, 0.717) is 6.61 Å². The molecule has 0 amide bonds. The molecule has 1 atom stereocenters. The molecule has 1 aliphatic rings. The Morgan fingerprint density at radius 1 is 0.750 bits per heavy atom. The summed E-state index contributed by atoms with van der Waals surface area (Å²) in [4.78, 5) is 4.50. The van der Waals surface area contributed by atoms with Gasteiger partial charge in [-0.3, -0.25) is 0 Å². The highest BCUT2D eigenvalue weighted by molar-refractivity contribution is 7.79. The third-order valence-corrected chi connectivity index (χ3v) is 6.65. The lowest BCUT2D eigenvalue weighted by Crippen LogP contribution is -2.24. The van der Waals surface area contributed by atoms with Crippen LogP contribution in [-0.2, 0) is 4.74 Å². The van der Waals surface area contributed by atoms with Gasteiger partial charge in [0, 0.05) is 0 Å². The molecular weight excluding hydrogens is 313 g/mol. The molecule has 0 spiro atoms. The number of aliphatic imine (C=N–C) groups is 1. The van der Waals surface area contributed by atoms with E-state index in [-0.39, 0.29) is 6.04 Å². The molecule has 0 saturated carbocycles. The first kappa shape index (κ1) is 15.1. The maximum absolute atomic E-state index is 5.37. The zero-order valence-electron chi connectivity index (χ0n) is 13.2. The largest absolute Gasteiger partial charge is 0.481 e. The highest BCUT2D eigenvalue weighted by Gasteiger charge is 2.24.